The summed E-state index contributed by atoms with van der Waals surface area (Å²) in [6, 6.07) is 10.2. The van der Waals surface area contributed by atoms with Gasteiger partial charge in [-0.3, -0.25) is 0 Å². The Labute approximate surface area is 131 Å². The third-order valence-corrected chi connectivity index (χ3v) is 3.21. The second-order valence-electron chi connectivity index (χ2n) is 4.90. The fraction of sp³-hybridized carbons (Fsp3) is 0.143. The second-order valence-corrected chi connectivity index (χ2v) is 4.90. The number of halogens is 3. The molecule has 2 rings (SSSR count). The van der Waals surface area contributed by atoms with Crippen LogP contribution in [0.5, 0.6) is 0 Å². The van der Waals surface area contributed by atoms with Crippen LogP contribution in [-0.4, -0.2) is 29.3 Å². The third-order valence-electron chi connectivity index (χ3n) is 3.21. The Morgan fingerprint density at radius 2 is 1.35 bits per heavy atom. The Hall–Kier alpha value is -1.80. The first kappa shape index (κ1) is 17.6. The van der Waals surface area contributed by atoms with E-state index in [0.29, 0.717) is 11.0 Å². The monoisotopic (exact) mass is 324 g/mol. The lowest BCUT2D eigenvalue weighted by Gasteiger charge is -2.11. The maximum atomic E-state index is 12.5. The second kappa shape index (κ2) is 7.18. The average Bonchev–Trinajstić information content (AvgIpc) is 2.52. The molecule has 2 aromatic carbocycles. The van der Waals surface area contributed by atoms with Crippen LogP contribution in [-0.2, 0) is 17.4 Å². The van der Waals surface area contributed by atoms with Gasteiger partial charge in [-0.25, -0.2) is 0 Å². The number of hydrogen-bond donors (Lipinski definition) is 3. The Morgan fingerprint density at radius 1 is 0.826 bits per heavy atom. The molecule has 0 saturated carbocycles. The van der Waals surface area contributed by atoms with Gasteiger partial charge < -0.3 is 19.7 Å². The summed E-state index contributed by atoms with van der Waals surface area (Å²) in [5.41, 5.74) is 0.393. The zero-order chi connectivity index (χ0) is 17.0. The maximum absolute atomic E-state index is 12.5. The molecule has 0 aliphatic carbocycles. The summed E-state index contributed by atoms with van der Waals surface area (Å²) in [5, 5.41) is 27.8. The summed E-state index contributed by atoms with van der Waals surface area (Å²) in [5.74, 6) is 0. The molecule has 0 bridgehead atoms. The molecular formula is C14H13B2F3O4. The molecule has 0 radical (unpaired) electrons. The predicted molar refractivity (Wildman–Crippen MR) is 80.1 cm³/mol. The van der Waals surface area contributed by atoms with E-state index < -0.39 is 26.0 Å². The quantitative estimate of drug-likeness (QED) is 0.692. The van der Waals surface area contributed by atoms with Gasteiger partial charge in [-0.15, -0.1) is 0 Å². The zero-order valence-corrected chi connectivity index (χ0v) is 11.9. The summed E-state index contributed by atoms with van der Waals surface area (Å²) in [4.78, 5) is 0. The fourth-order valence-corrected chi connectivity index (χ4v) is 1.89. The highest BCUT2D eigenvalue weighted by molar-refractivity contribution is 6.60. The Bertz CT molecular complexity index is 630. The van der Waals surface area contributed by atoms with Crippen molar-refractivity contribution >= 4 is 25.2 Å². The summed E-state index contributed by atoms with van der Waals surface area (Å²) < 4.78 is 42.5. The summed E-state index contributed by atoms with van der Waals surface area (Å²) in [7, 11) is -2.93. The van der Waals surface area contributed by atoms with Crippen molar-refractivity contribution in [3.05, 3.63) is 59.7 Å². The van der Waals surface area contributed by atoms with Gasteiger partial charge in [0.25, 0.3) is 0 Å². The van der Waals surface area contributed by atoms with Crippen LogP contribution in [0.15, 0.2) is 48.5 Å². The van der Waals surface area contributed by atoms with E-state index in [4.69, 9.17) is 14.7 Å². The van der Waals surface area contributed by atoms with Crippen LogP contribution in [0, 0.1) is 0 Å². The smallest absolute Gasteiger partial charge is 0.423 e. The van der Waals surface area contributed by atoms with E-state index in [2.05, 4.69) is 0 Å². The molecule has 2 aromatic rings. The van der Waals surface area contributed by atoms with Crippen molar-refractivity contribution in [2.75, 3.05) is 0 Å². The van der Waals surface area contributed by atoms with Gasteiger partial charge in [0.2, 0.25) is 0 Å². The van der Waals surface area contributed by atoms with E-state index in [1.165, 1.54) is 12.1 Å². The first-order valence-corrected chi connectivity index (χ1v) is 6.69. The standard InChI is InChI=1S/C14H13B2F3O4/c17-14(18,19)11-3-7-13(8-4-11)16(22)23-9-10-1-5-12(6-2-10)15(20)21/h1-8,20-22H,9H2. The Balaban J connectivity index is 1.95. The van der Waals surface area contributed by atoms with Crippen molar-refractivity contribution in [3.63, 3.8) is 0 Å². The summed E-state index contributed by atoms with van der Waals surface area (Å²) in [6.45, 7) is 0.0178. The topological polar surface area (TPSA) is 69.9 Å². The molecular weight excluding hydrogens is 311 g/mol. The van der Waals surface area contributed by atoms with E-state index in [1.807, 2.05) is 0 Å². The minimum Gasteiger partial charge on any atom is -0.423 e. The van der Waals surface area contributed by atoms with Crippen molar-refractivity contribution in [1.82, 2.24) is 0 Å². The molecule has 0 heterocycles. The molecule has 0 amide bonds. The van der Waals surface area contributed by atoms with Gasteiger partial charge in [0.1, 0.15) is 0 Å². The van der Waals surface area contributed by atoms with Crippen molar-refractivity contribution in [3.8, 4) is 0 Å². The van der Waals surface area contributed by atoms with Crippen molar-refractivity contribution < 1.29 is 32.9 Å². The molecule has 23 heavy (non-hydrogen) atoms. The van der Waals surface area contributed by atoms with Crippen LogP contribution in [0.25, 0.3) is 0 Å². The first-order chi connectivity index (χ1) is 10.8. The van der Waals surface area contributed by atoms with Gasteiger partial charge >= 0.3 is 20.4 Å². The van der Waals surface area contributed by atoms with Crippen LogP contribution in [0.3, 0.4) is 0 Å². The Kier molecular flexibility index (Phi) is 5.48. The van der Waals surface area contributed by atoms with Crippen LogP contribution < -0.4 is 10.9 Å². The van der Waals surface area contributed by atoms with Gasteiger partial charge in [-0.1, -0.05) is 48.5 Å². The molecule has 120 valence electrons. The fourth-order valence-electron chi connectivity index (χ4n) is 1.89. The Morgan fingerprint density at radius 3 is 1.83 bits per heavy atom. The van der Waals surface area contributed by atoms with Crippen molar-refractivity contribution in [2.24, 2.45) is 0 Å². The van der Waals surface area contributed by atoms with Gasteiger partial charge in [0, 0.05) is 0 Å². The van der Waals surface area contributed by atoms with Crippen LogP contribution in [0.1, 0.15) is 11.1 Å². The normalized spacial score (nSPS) is 11.4. The van der Waals surface area contributed by atoms with Gasteiger partial charge in [-0.2, -0.15) is 13.2 Å². The largest absolute Gasteiger partial charge is 0.491 e. The number of benzene rings is 2. The summed E-state index contributed by atoms with van der Waals surface area (Å²) >= 11 is 0. The minimum atomic E-state index is -4.43. The van der Waals surface area contributed by atoms with Crippen LogP contribution >= 0.6 is 0 Å². The van der Waals surface area contributed by atoms with Crippen molar-refractivity contribution in [2.45, 2.75) is 12.8 Å². The molecule has 0 saturated heterocycles. The molecule has 0 unspecified atom stereocenters. The number of rotatable bonds is 5. The summed E-state index contributed by atoms with van der Waals surface area (Å²) in [6.07, 6.45) is -4.43. The molecule has 0 spiro atoms. The SMILES string of the molecule is OB(O)c1ccc(COB(O)c2ccc(C(F)(F)F)cc2)cc1. The first-order valence-electron chi connectivity index (χ1n) is 6.69. The molecule has 3 N–H and O–H groups in total. The average molecular weight is 324 g/mol. The molecule has 4 nitrogen and oxygen atoms in total. The zero-order valence-electron chi connectivity index (χ0n) is 11.9. The van der Waals surface area contributed by atoms with E-state index >= 15 is 0 Å². The highest BCUT2D eigenvalue weighted by atomic mass is 19.4. The van der Waals surface area contributed by atoms with Gasteiger partial charge in [-0.05, 0) is 16.5 Å². The minimum absolute atomic E-state index is 0.0178. The molecule has 0 aliphatic rings. The predicted octanol–water partition coefficient (Wildman–Crippen LogP) is 0.290. The molecule has 0 fully saturated rings. The maximum Gasteiger partial charge on any atom is 0.491 e. The van der Waals surface area contributed by atoms with E-state index in [9.17, 15) is 18.2 Å². The van der Waals surface area contributed by atoms with Crippen LogP contribution in [0.4, 0.5) is 13.2 Å². The molecule has 0 aliphatic heterocycles. The number of alkyl halides is 3. The lowest BCUT2D eigenvalue weighted by molar-refractivity contribution is -0.137. The molecule has 9 heteroatoms. The van der Waals surface area contributed by atoms with Gasteiger partial charge in [0.15, 0.2) is 0 Å². The highest BCUT2D eigenvalue weighted by Crippen LogP contribution is 2.28. The van der Waals surface area contributed by atoms with Crippen molar-refractivity contribution in [1.29, 1.82) is 0 Å². The lowest BCUT2D eigenvalue weighted by atomic mass is 9.79. The van der Waals surface area contributed by atoms with Crippen LogP contribution in [0.2, 0.25) is 0 Å². The number of hydrogen-bond acceptors (Lipinski definition) is 4. The van der Waals surface area contributed by atoms with E-state index in [1.54, 1.807) is 12.1 Å². The molecule has 0 atom stereocenters. The lowest BCUT2D eigenvalue weighted by Crippen LogP contribution is -2.33. The molecule has 0 aromatic heterocycles. The highest BCUT2D eigenvalue weighted by Gasteiger charge is 2.30. The van der Waals surface area contributed by atoms with E-state index in [0.717, 1.165) is 24.3 Å². The van der Waals surface area contributed by atoms with Gasteiger partial charge in [0.05, 0.1) is 12.2 Å². The third kappa shape index (κ3) is 4.84. The van der Waals surface area contributed by atoms with E-state index in [-0.39, 0.29) is 12.1 Å².